The van der Waals surface area contributed by atoms with Crippen molar-refractivity contribution in [3.63, 3.8) is 0 Å². The van der Waals surface area contributed by atoms with Crippen LogP contribution in [-0.2, 0) is 0 Å². The number of halogens is 1. The molecule has 0 saturated carbocycles. The van der Waals surface area contributed by atoms with E-state index in [1.807, 2.05) is 12.1 Å². The van der Waals surface area contributed by atoms with Crippen LogP contribution in [0.1, 0.15) is 5.56 Å². The number of rotatable bonds is 0. The number of anilines is 1. The van der Waals surface area contributed by atoms with Gasteiger partial charge in [0.2, 0.25) is 0 Å². The number of nitrogens with one attached hydrogen (secondary N) is 1. The van der Waals surface area contributed by atoms with E-state index in [1.165, 1.54) is 0 Å². The minimum atomic E-state index is 0.715. The SMILES string of the molecule is Brc1cc2c3c(nncc3c1)NN=C2. The van der Waals surface area contributed by atoms with Gasteiger partial charge in [-0.1, -0.05) is 15.9 Å². The molecule has 0 bridgehead atoms. The van der Waals surface area contributed by atoms with E-state index in [4.69, 9.17) is 0 Å². The molecule has 1 aromatic heterocycles. The second kappa shape index (κ2) is 2.75. The largest absolute Gasteiger partial charge is 0.259 e. The summed E-state index contributed by atoms with van der Waals surface area (Å²) in [7, 11) is 0. The fraction of sp³-hybridized carbons (Fsp3) is 0. The van der Waals surface area contributed by atoms with Crippen LogP contribution in [0.5, 0.6) is 0 Å². The van der Waals surface area contributed by atoms with Gasteiger partial charge in [-0.15, -0.1) is 5.10 Å². The average molecular weight is 249 g/mol. The highest BCUT2D eigenvalue weighted by atomic mass is 79.9. The van der Waals surface area contributed by atoms with Crippen molar-refractivity contribution >= 4 is 38.7 Å². The van der Waals surface area contributed by atoms with E-state index in [0.717, 1.165) is 20.8 Å². The Labute approximate surface area is 88.2 Å². The van der Waals surface area contributed by atoms with Gasteiger partial charge in [0, 0.05) is 20.8 Å². The zero-order valence-corrected chi connectivity index (χ0v) is 8.62. The Bertz CT molecular complexity index is 550. The van der Waals surface area contributed by atoms with E-state index in [9.17, 15) is 0 Å². The van der Waals surface area contributed by atoms with Crippen LogP contribution in [0.25, 0.3) is 10.8 Å². The van der Waals surface area contributed by atoms with Crippen molar-refractivity contribution in [3.05, 3.63) is 28.4 Å². The van der Waals surface area contributed by atoms with Crippen molar-refractivity contribution in [2.24, 2.45) is 5.10 Å². The quantitative estimate of drug-likeness (QED) is 0.778. The summed E-state index contributed by atoms with van der Waals surface area (Å²) < 4.78 is 1.02. The highest BCUT2D eigenvalue weighted by Gasteiger charge is 2.11. The number of aromatic nitrogens is 2. The first-order chi connectivity index (χ1) is 6.84. The maximum atomic E-state index is 3.99. The fourth-order valence-corrected chi connectivity index (χ4v) is 2.06. The van der Waals surface area contributed by atoms with E-state index in [-0.39, 0.29) is 0 Å². The van der Waals surface area contributed by atoms with Gasteiger partial charge in [0.1, 0.15) is 0 Å². The lowest BCUT2D eigenvalue weighted by molar-refractivity contribution is 1.04. The van der Waals surface area contributed by atoms with Gasteiger partial charge in [0.15, 0.2) is 5.82 Å². The molecule has 1 N–H and O–H groups in total. The number of benzene rings is 1. The van der Waals surface area contributed by atoms with Gasteiger partial charge in [-0.05, 0) is 12.1 Å². The molecule has 3 rings (SSSR count). The lowest BCUT2D eigenvalue weighted by atomic mass is 10.1. The molecule has 14 heavy (non-hydrogen) atoms. The third-order valence-electron chi connectivity index (χ3n) is 2.13. The first-order valence-electron chi connectivity index (χ1n) is 4.08. The number of nitrogens with zero attached hydrogens (tertiary/aromatic N) is 3. The molecule has 1 aromatic carbocycles. The maximum absolute atomic E-state index is 3.99. The molecule has 2 aromatic rings. The van der Waals surface area contributed by atoms with Gasteiger partial charge < -0.3 is 0 Å². The lowest BCUT2D eigenvalue weighted by Gasteiger charge is -2.11. The smallest absolute Gasteiger partial charge is 0.177 e. The van der Waals surface area contributed by atoms with Crippen molar-refractivity contribution in [2.45, 2.75) is 0 Å². The summed E-state index contributed by atoms with van der Waals surface area (Å²) in [5, 5.41) is 14.0. The van der Waals surface area contributed by atoms with Crippen molar-refractivity contribution < 1.29 is 0 Å². The predicted octanol–water partition coefficient (Wildman–Crippen LogP) is 2.15. The summed E-state index contributed by atoms with van der Waals surface area (Å²) in [6, 6.07) is 4.02. The summed E-state index contributed by atoms with van der Waals surface area (Å²) in [6.45, 7) is 0. The number of hydrogen-bond acceptors (Lipinski definition) is 4. The molecular weight excluding hydrogens is 244 g/mol. The van der Waals surface area contributed by atoms with E-state index in [2.05, 4.69) is 36.7 Å². The molecule has 4 nitrogen and oxygen atoms in total. The minimum Gasteiger partial charge on any atom is -0.259 e. The molecule has 0 radical (unpaired) electrons. The van der Waals surface area contributed by atoms with Crippen LogP contribution < -0.4 is 5.43 Å². The summed E-state index contributed by atoms with van der Waals surface area (Å²) in [5.74, 6) is 0.715. The van der Waals surface area contributed by atoms with Crippen molar-refractivity contribution in [1.29, 1.82) is 0 Å². The topological polar surface area (TPSA) is 50.2 Å². The highest BCUT2D eigenvalue weighted by Crippen LogP contribution is 2.28. The van der Waals surface area contributed by atoms with Gasteiger partial charge in [0.05, 0.1) is 12.4 Å². The van der Waals surface area contributed by atoms with Gasteiger partial charge >= 0.3 is 0 Å². The van der Waals surface area contributed by atoms with E-state index >= 15 is 0 Å². The Morgan fingerprint density at radius 2 is 2.21 bits per heavy atom. The zero-order chi connectivity index (χ0) is 9.54. The molecule has 0 unspecified atom stereocenters. The monoisotopic (exact) mass is 248 g/mol. The third kappa shape index (κ3) is 1.02. The van der Waals surface area contributed by atoms with Gasteiger partial charge in [0.25, 0.3) is 0 Å². The fourth-order valence-electron chi connectivity index (χ4n) is 1.57. The Kier molecular flexibility index (Phi) is 1.55. The molecule has 2 heterocycles. The normalized spacial score (nSPS) is 12.9. The third-order valence-corrected chi connectivity index (χ3v) is 2.59. The summed E-state index contributed by atoms with van der Waals surface area (Å²) in [6.07, 6.45) is 3.52. The predicted molar refractivity (Wildman–Crippen MR) is 58.5 cm³/mol. The summed E-state index contributed by atoms with van der Waals surface area (Å²) >= 11 is 3.44. The Morgan fingerprint density at radius 3 is 3.14 bits per heavy atom. The molecule has 0 aliphatic carbocycles. The average Bonchev–Trinajstić information content (AvgIpc) is 2.18. The minimum absolute atomic E-state index is 0.715. The van der Waals surface area contributed by atoms with E-state index in [0.29, 0.717) is 5.82 Å². The molecular formula is C9H5BrN4. The van der Waals surface area contributed by atoms with Crippen molar-refractivity contribution in [2.75, 3.05) is 5.43 Å². The Morgan fingerprint density at radius 1 is 1.29 bits per heavy atom. The second-order valence-corrected chi connectivity index (χ2v) is 3.94. The number of hydrazone groups is 1. The number of hydrogen-bond donors (Lipinski definition) is 1. The van der Waals surface area contributed by atoms with Gasteiger partial charge in [-0.25, -0.2) is 0 Å². The molecule has 1 aliphatic heterocycles. The van der Waals surface area contributed by atoms with Gasteiger partial charge in [-0.2, -0.15) is 10.2 Å². The zero-order valence-electron chi connectivity index (χ0n) is 7.03. The lowest BCUT2D eigenvalue weighted by Crippen LogP contribution is -2.03. The van der Waals surface area contributed by atoms with Crippen LogP contribution in [-0.4, -0.2) is 16.4 Å². The Hall–Kier alpha value is -1.49. The first kappa shape index (κ1) is 7.87. The van der Waals surface area contributed by atoms with Crippen LogP contribution in [0.2, 0.25) is 0 Å². The first-order valence-corrected chi connectivity index (χ1v) is 4.88. The van der Waals surface area contributed by atoms with Crippen LogP contribution in [0.15, 0.2) is 27.9 Å². The Balaban J connectivity index is 2.53. The van der Waals surface area contributed by atoms with Gasteiger partial charge in [-0.3, -0.25) is 5.43 Å². The molecule has 0 spiro atoms. The van der Waals surface area contributed by atoms with Crippen LogP contribution in [0.4, 0.5) is 5.82 Å². The van der Waals surface area contributed by atoms with Crippen LogP contribution in [0.3, 0.4) is 0 Å². The molecule has 0 amide bonds. The summed E-state index contributed by atoms with van der Waals surface area (Å²) in [4.78, 5) is 0. The second-order valence-electron chi connectivity index (χ2n) is 3.02. The standard InChI is InChI=1S/C9H5BrN4/c10-7-1-5-3-11-13-9-8(5)6(2-7)4-12-14-9/h1-4H,(H,13,14). The van der Waals surface area contributed by atoms with Crippen LogP contribution in [0, 0.1) is 0 Å². The molecule has 0 atom stereocenters. The summed E-state index contributed by atoms with van der Waals surface area (Å²) in [5.41, 5.74) is 3.88. The molecule has 68 valence electrons. The van der Waals surface area contributed by atoms with E-state index < -0.39 is 0 Å². The van der Waals surface area contributed by atoms with E-state index in [1.54, 1.807) is 12.4 Å². The molecule has 0 saturated heterocycles. The van der Waals surface area contributed by atoms with Crippen molar-refractivity contribution in [3.8, 4) is 0 Å². The molecule has 5 heteroatoms. The van der Waals surface area contributed by atoms with Crippen LogP contribution >= 0.6 is 15.9 Å². The van der Waals surface area contributed by atoms with Crippen molar-refractivity contribution in [1.82, 2.24) is 10.2 Å². The highest BCUT2D eigenvalue weighted by molar-refractivity contribution is 9.10. The molecule has 0 fully saturated rings. The maximum Gasteiger partial charge on any atom is 0.177 e. The molecule has 1 aliphatic rings.